The maximum absolute atomic E-state index is 2.85. The molecule has 2 aliphatic heterocycles. The highest BCUT2D eigenvalue weighted by Gasteiger charge is 2.53. The monoisotopic (exact) mass is 222 g/mol. The third kappa shape index (κ3) is 1.53. The van der Waals surface area contributed by atoms with Gasteiger partial charge in [-0.2, -0.15) is 0 Å². The van der Waals surface area contributed by atoms with E-state index in [0.29, 0.717) is 11.1 Å². The summed E-state index contributed by atoms with van der Waals surface area (Å²) in [7, 11) is 0. The van der Waals surface area contributed by atoms with E-state index in [1.807, 2.05) is 0 Å². The van der Waals surface area contributed by atoms with Gasteiger partial charge in [-0.15, -0.1) is 0 Å². The lowest BCUT2D eigenvalue weighted by atomic mass is 9.77. The molecule has 16 heavy (non-hydrogen) atoms. The Kier molecular flexibility index (Phi) is 2.38. The zero-order valence-corrected chi connectivity index (χ0v) is 11.1. The van der Waals surface area contributed by atoms with Crippen molar-refractivity contribution in [3.63, 3.8) is 0 Å². The molecule has 2 heteroatoms. The van der Waals surface area contributed by atoms with Gasteiger partial charge in [-0.05, 0) is 46.5 Å². The number of hydrogen-bond donors (Lipinski definition) is 0. The fourth-order valence-corrected chi connectivity index (χ4v) is 3.69. The third-order valence-corrected chi connectivity index (χ3v) is 5.22. The van der Waals surface area contributed by atoms with Crippen LogP contribution in [0.2, 0.25) is 0 Å². The molecule has 0 aromatic carbocycles. The van der Waals surface area contributed by atoms with Crippen molar-refractivity contribution >= 4 is 0 Å². The predicted octanol–water partition coefficient (Wildman–Crippen LogP) is 2.49. The number of hydrogen-bond acceptors (Lipinski definition) is 2. The molecule has 0 amide bonds. The molecule has 1 saturated carbocycles. The lowest BCUT2D eigenvalue weighted by molar-refractivity contribution is -0.0706. The second-order valence-corrected chi connectivity index (χ2v) is 7.09. The molecule has 2 nitrogen and oxygen atoms in total. The van der Waals surface area contributed by atoms with Gasteiger partial charge < -0.3 is 0 Å². The van der Waals surface area contributed by atoms with E-state index >= 15 is 0 Å². The van der Waals surface area contributed by atoms with Crippen molar-refractivity contribution in [1.29, 1.82) is 0 Å². The minimum Gasteiger partial charge on any atom is -0.297 e. The summed E-state index contributed by atoms with van der Waals surface area (Å²) in [5.74, 6) is 0. The van der Waals surface area contributed by atoms with Gasteiger partial charge in [0.2, 0.25) is 0 Å². The normalized spacial score (nSPS) is 37.7. The Morgan fingerprint density at radius 2 is 1.75 bits per heavy atom. The molecule has 1 spiro atoms. The molecular formula is C14H26N2. The second kappa shape index (κ2) is 3.46. The maximum Gasteiger partial charge on any atom is 0.0363 e. The molecule has 1 unspecified atom stereocenters. The van der Waals surface area contributed by atoms with Crippen LogP contribution < -0.4 is 0 Å². The predicted molar refractivity (Wildman–Crippen MR) is 67.6 cm³/mol. The fourth-order valence-electron chi connectivity index (χ4n) is 3.69. The van der Waals surface area contributed by atoms with Crippen molar-refractivity contribution in [3.8, 4) is 0 Å². The number of rotatable bonds is 1. The summed E-state index contributed by atoms with van der Waals surface area (Å²) in [6.45, 7) is 11.1. The Hall–Kier alpha value is -0.0800. The highest BCUT2D eigenvalue weighted by atomic mass is 15.4. The van der Waals surface area contributed by atoms with Gasteiger partial charge in [0, 0.05) is 36.8 Å². The number of nitrogens with zero attached hydrogens (tertiary/aromatic N) is 2. The Bertz CT molecular complexity index is 277. The Balaban J connectivity index is 1.67. The lowest BCUT2D eigenvalue weighted by Gasteiger charge is -2.57. The summed E-state index contributed by atoms with van der Waals surface area (Å²) in [4.78, 5) is 5.54. The van der Waals surface area contributed by atoms with Gasteiger partial charge in [-0.25, -0.2) is 0 Å². The molecule has 1 atom stereocenters. The van der Waals surface area contributed by atoms with Crippen LogP contribution in [0.3, 0.4) is 0 Å². The van der Waals surface area contributed by atoms with Gasteiger partial charge in [0.05, 0.1) is 0 Å². The van der Waals surface area contributed by atoms with Gasteiger partial charge in [0.15, 0.2) is 0 Å². The maximum atomic E-state index is 2.85. The summed E-state index contributed by atoms with van der Waals surface area (Å²) in [5.41, 5.74) is 0.961. The standard InChI is InChI=1S/C14H26N2/c1-13(2,3)15-9-7-14(11-15)8-10-16(14)12-5-4-6-12/h12H,4-11H2,1-3H3. The first kappa shape index (κ1) is 11.0. The van der Waals surface area contributed by atoms with Crippen LogP contribution in [0.25, 0.3) is 0 Å². The van der Waals surface area contributed by atoms with Crippen LogP contribution in [0.5, 0.6) is 0 Å². The van der Waals surface area contributed by atoms with Gasteiger partial charge >= 0.3 is 0 Å². The van der Waals surface area contributed by atoms with Crippen molar-refractivity contribution in [2.75, 3.05) is 19.6 Å². The van der Waals surface area contributed by atoms with Crippen molar-refractivity contribution < 1.29 is 0 Å². The van der Waals surface area contributed by atoms with Crippen LogP contribution in [-0.4, -0.2) is 46.6 Å². The first-order valence-electron chi connectivity index (χ1n) is 7.03. The average molecular weight is 222 g/mol. The third-order valence-electron chi connectivity index (χ3n) is 5.22. The van der Waals surface area contributed by atoms with Gasteiger partial charge in [0.1, 0.15) is 0 Å². The van der Waals surface area contributed by atoms with E-state index in [1.54, 1.807) is 0 Å². The van der Waals surface area contributed by atoms with Crippen LogP contribution in [-0.2, 0) is 0 Å². The van der Waals surface area contributed by atoms with Gasteiger partial charge in [-0.1, -0.05) is 6.42 Å². The van der Waals surface area contributed by atoms with Crippen LogP contribution in [0.1, 0.15) is 52.9 Å². The zero-order chi connectivity index (χ0) is 11.4. The van der Waals surface area contributed by atoms with E-state index in [1.165, 1.54) is 51.7 Å². The average Bonchev–Trinajstić information content (AvgIpc) is 2.54. The summed E-state index contributed by atoms with van der Waals surface area (Å²) in [5, 5.41) is 0. The van der Waals surface area contributed by atoms with E-state index in [0.717, 1.165) is 6.04 Å². The van der Waals surface area contributed by atoms with E-state index in [4.69, 9.17) is 0 Å². The van der Waals surface area contributed by atoms with Crippen LogP contribution >= 0.6 is 0 Å². The molecule has 0 N–H and O–H groups in total. The molecule has 2 heterocycles. The Labute approximate surface area is 100.0 Å². The summed E-state index contributed by atoms with van der Waals surface area (Å²) in [6.07, 6.45) is 7.28. The molecule has 3 rings (SSSR count). The van der Waals surface area contributed by atoms with Crippen LogP contribution in [0.4, 0.5) is 0 Å². The van der Waals surface area contributed by atoms with E-state index < -0.39 is 0 Å². The zero-order valence-electron chi connectivity index (χ0n) is 11.1. The molecule has 3 fully saturated rings. The molecule has 0 aromatic heterocycles. The second-order valence-electron chi connectivity index (χ2n) is 7.09. The molecule has 0 aromatic rings. The topological polar surface area (TPSA) is 6.48 Å². The molecular weight excluding hydrogens is 196 g/mol. The first-order chi connectivity index (χ1) is 7.51. The minimum absolute atomic E-state index is 0.365. The highest BCUT2D eigenvalue weighted by molar-refractivity contribution is 5.10. The first-order valence-corrected chi connectivity index (χ1v) is 7.03. The van der Waals surface area contributed by atoms with E-state index in [-0.39, 0.29) is 0 Å². The minimum atomic E-state index is 0.365. The van der Waals surface area contributed by atoms with E-state index in [2.05, 4.69) is 30.6 Å². The highest BCUT2D eigenvalue weighted by Crippen LogP contribution is 2.45. The smallest absolute Gasteiger partial charge is 0.0363 e. The molecule has 1 aliphatic carbocycles. The molecule has 3 aliphatic rings. The fraction of sp³-hybridized carbons (Fsp3) is 1.00. The van der Waals surface area contributed by atoms with Crippen molar-refractivity contribution in [1.82, 2.24) is 9.80 Å². The van der Waals surface area contributed by atoms with Gasteiger partial charge in [0.25, 0.3) is 0 Å². The van der Waals surface area contributed by atoms with Crippen molar-refractivity contribution in [3.05, 3.63) is 0 Å². The van der Waals surface area contributed by atoms with Crippen LogP contribution in [0, 0.1) is 0 Å². The molecule has 0 bridgehead atoms. The number of likely N-dealkylation sites (tertiary alicyclic amines) is 2. The lowest BCUT2D eigenvalue weighted by Crippen LogP contribution is -2.66. The van der Waals surface area contributed by atoms with Crippen molar-refractivity contribution in [2.45, 2.75) is 70.0 Å². The van der Waals surface area contributed by atoms with Gasteiger partial charge in [-0.3, -0.25) is 9.80 Å². The summed E-state index contributed by atoms with van der Waals surface area (Å²) >= 11 is 0. The molecule has 0 radical (unpaired) electrons. The SMILES string of the molecule is CC(C)(C)N1CCC2(CCN2C2CCC2)C1. The quantitative estimate of drug-likeness (QED) is 0.672. The summed E-state index contributed by atoms with van der Waals surface area (Å²) in [6, 6.07) is 0.952. The Morgan fingerprint density at radius 3 is 2.12 bits per heavy atom. The largest absolute Gasteiger partial charge is 0.297 e. The molecule has 2 saturated heterocycles. The molecule has 92 valence electrons. The van der Waals surface area contributed by atoms with Crippen LogP contribution in [0.15, 0.2) is 0 Å². The summed E-state index contributed by atoms with van der Waals surface area (Å²) < 4.78 is 0. The van der Waals surface area contributed by atoms with Crippen molar-refractivity contribution in [2.24, 2.45) is 0 Å². The van der Waals surface area contributed by atoms with E-state index in [9.17, 15) is 0 Å². The Morgan fingerprint density at radius 1 is 1.06 bits per heavy atom.